The molecule has 0 heterocycles. The Balaban J connectivity index is 4.01. The van der Waals surface area contributed by atoms with Crippen LogP contribution in [0.5, 0.6) is 0 Å². The number of unbranched alkanes of at least 4 members (excludes halogenated alkanes) is 49. The third kappa shape index (κ3) is 62.7. The average molecular weight is 1070 g/mol. The highest BCUT2D eigenvalue weighted by Gasteiger charge is 2.19. The second kappa shape index (κ2) is 65.4. The zero-order valence-electron chi connectivity index (χ0n) is 51.6. The number of ether oxygens (including phenoxy) is 3. The van der Waals surface area contributed by atoms with Gasteiger partial charge in [-0.25, -0.2) is 0 Å². The van der Waals surface area contributed by atoms with Gasteiger partial charge in [-0.2, -0.15) is 0 Å². The van der Waals surface area contributed by atoms with E-state index in [0.717, 1.165) is 70.6 Å². The maximum absolute atomic E-state index is 12.9. The van der Waals surface area contributed by atoms with Crippen LogP contribution >= 0.6 is 0 Å². The van der Waals surface area contributed by atoms with Crippen molar-refractivity contribution in [3.05, 3.63) is 24.3 Å². The predicted octanol–water partition coefficient (Wildman–Crippen LogP) is 23.4. The average Bonchev–Trinajstić information content (AvgIpc) is 3.42. The van der Waals surface area contributed by atoms with Crippen molar-refractivity contribution in [2.45, 2.75) is 393 Å². The normalized spacial score (nSPS) is 12.1. The number of hydrogen-bond acceptors (Lipinski definition) is 6. The molecule has 0 N–H and O–H groups in total. The zero-order valence-corrected chi connectivity index (χ0v) is 51.6. The van der Waals surface area contributed by atoms with Gasteiger partial charge < -0.3 is 14.2 Å². The van der Waals surface area contributed by atoms with Gasteiger partial charge in [-0.15, -0.1) is 0 Å². The number of carbonyl (C=O) groups is 3. The van der Waals surface area contributed by atoms with Crippen LogP contribution in [-0.2, 0) is 28.6 Å². The molecule has 0 radical (unpaired) electrons. The van der Waals surface area contributed by atoms with E-state index in [2.05, 4.69) is 45.1 Å². The zero-order chi connectivity index (χ0) is 55.0. The van der Waals surface area contributed by atoms with Gasteiger partial charge in [-0.1, -0.05) is 328 Å². The van der Waals surface area contributed by atoms with Crippen molar-refractivity contribution in [3.8, 4) is 0 Å². The minimum absolute atomic E-state index is 0.0728. The van der Waals surface area contributed by atoms with E-state index >= 15 is 0 Å². The molecule has 0 saturated heterocycles. The highest BCUT2D eigenvalue weighted by molar-refractivity contribution is 5.71. The molecular formula is C70H132O6. The fourth-order valence-electron chi connectivity index (χ4n) is 10.5. The van der Waals surface area contributed by atoms with Crippen LogP contribution in [0.4, 0.5) is 0 Å². The molecule has 0 aliphatic rings. The van der Waals surface area contributed by atoms with E-state index in [-0.39, 0.29) is 31.1 Å². The lowest BCUT2D eigenvalue weighted by Crippen LogP contribution is -2.30. The third-order valence-electron chi connectivity index (χ3n) is 15.7. The van der Waals surface area contributed by atoms with Gasteiger partial charge in [0.15, 0.2) is 6.10 Å². The lowest BCUT2D eigenvalue weighted by Gasteiger charge is -2.18. The van der Waals surface area contributed by atoms with Crippen LogP contribution < -0.4 is 0 Å². The van der Waals surface area contributed by atoms with E-state index in [1.165, 1.54) is 276 Å². The summed E-state index contributed by atoms with van der Waals surface area (Å²) < 4.78 is 16.9. The molecule has 6 nitrogen and oxygen atoms in total. The van der Waals surface area contributed by atoms with Gasteiger partial charge in [0, 0.05) is 19.3 Å². The third-order valence-corrected chi connectivity index (χ3v) is 15.7. The summed E-state index contributed by atoms with van der Waals surface area (Å²) in [6.45, 7) is 6.64. The van der Waals surface area contributed by atoms with Crippen molar-refractivity contribution in [2.24, 2.45) is 0 Å². The number of esters is 3. The smallest absolute Gasteiger partial charge is 0.306 e. The Bertz CT molecular complexity index is 1230. The molecule has 0 spiro atoms. The Morgan fingerprint density at radius 3 is 0.697 bits per heavy atom. The van der Waals surface area contributed by atoms with Gasteiger partial charge in [-0.05, 0) is 64.2 Å². The minimum atomic E-state index is -0.776. The second-order valence-corrected chi connectivity index (χ2v) is 23.4. The van der Waals surface area contributed by atoms with Crippen LogP contribution in [-0.4, -0.2) is 37.2 Å². The molecule has 0 amide bonds. The summed E-state index contributed by atoms with van der Waals surface area (Å²) in [4.78, 5) is 38.2. The molecule has 0 bridgehead atoms. The molecule has 448 valence electrons. The monoisotopic (exact) mass is 1070 g/mol. The number of allylic oxidation sites excluding steroid dienone is 4. The first-order valence-corrected chi connectivity index (χ1v) is 34.3. The lowest BCUT2D eigenvalue weighted by atomic mass is 10.0. The molecule has 0 fully saturated rings. The molecule has 0 saturated carbocycles. The summed E-state index contributed by atoms with van der Waals surface area (Å²) in [6.07, 6.45) is 79.5. The van der Waals surface area contributed by atoms with E-state index in [9.17, 15) is 14.4 Å². The highest BCUT2D eigenvalue weighted by atomic mass is 16.6. The predicted molar refractivity (Wildman–Crippen MR) is 330 cm³/mol. The van der Waals surface area contributed by atoms with Gasteiger partial charge >= 0.3 is 17.9 Å². The van der Waals surface area contributed by atoms with E-state index in [1.54, 1.807) is 0 Å². The molecule has 0 aromatic rings. The van der Waals surface area contributed by atoms with Crippen LogP contribution in [0.2, 0.25) is 0 Å². The molecular weight excluding hydrogens is 937 g/mol. The Hall–Kier alpha value is -2.11. The molecule has 0 aromatic carbocycles. The number of carbonyl (C=O) groups excluding carboxylic acids is 3. The van der Waals surface area contributed by atoms with Gasteiger partial charge in [0.2, 0.25) is 0 Å². The SMILES string of the molecule is CCCC/C=C\CCCCCCCC(=O)OCC(COC(=O)CCCCCCCCCCCCCCCCCCCCCCCCCCCCCCCCCCC)OC(=O)CCCCCCC/C=C\CCCCCCC. The van der Waals surface area contributed by atoms with Crippen molar-refractivity contribution in [1.82, 2.24) is 0 Å². The van der Waals surface area contributed by atoms with E-state index < -0.39 is 6.10 Å². The molecule has 1 unspecified atom stereocenters. The van der Waals surface area contributed by atoms with Gasteiger partial charge in [0.25, 0.3) is 0 Å². The van der Waals surface area contributed by atoms with E-state index in [4.69, 9.17) is 14.2 Å². The summed E-state index contributed by atoms with van der Waals surface area (Å²) in [6, 6.07) is 0. The Kier molecular flexibility index (Phi) is 63.6. The summed E-state index contributed by atoms with van der Waals surface area (Å²) in [5.41, 5.74) is 0. The fourth-order valence-corrected chi connectivity index (χ4v) is 10.5. The van der Waals surface area contributed by atoms with Crippen molar-refractivity contribution >= 4 is 17.9 Å². The van der Waals surface area contributed by atoms with Crippen molar-refractivity contribution in [3.63, 3.8) is 0 Å². The highest BCUT2D eigenvalue weighted by Crippen LogP contribution is 2.19. The molecule has 1 atom stereocenters. The van der Waals surface area contributed by atoms with Crippen LogP contribution in [0.15, 0.2) is 24.3 Å². The second-order valence-electron chi connectivity index (χ2n) is 23.4. The Morgan fingerprint density at radius 1 is 0.250 bits per heavy atom. The van der Waals surface area contributed by atoms with Gasteiger partial charge in [0.1, 0.15) is 13.2 Å². The van der Waals surface area contributed by atoms with Gasteiger partial charge in [-0.3, -0.25) is 14.4 Å². The first kappa shape index (κ1) is 73.9. The van der Waals surface area contributed by atoms with Crippen molar-refractivity contribution in [1.29, 1.82) is 0 Å². The topological polar surface area (TPSA) is 78.9 Å². The summed E-state index contributed by atoms with van der Waals surface area (Å²) in [7, 11) is 0. The molecule has 76 heavy (non-hydrogen) atoms. The van der Waals surface area contributed by atoms with Crippen LogP contribution in [0, 0.1) is 0 Å². The van der Waals surface area contributed by atoms with E-state index in [1.807, 2.05) is 0 Å². The van der Waals surface area contributed by atoms with Gasteiger partial charge in [0.05, 0.1) is 0 Å². The lowest BCUT2D eigenvalue weighted by molar-refractivity contribution is -0.167. The Labute approximate surface area is 474 Å². The molecule has 0 aliphatic heterocycles. The maximum atomic E-state index is 12.9. The van der Waals surface area contributed by atoms with Crippen LogP contribution in [0.1, 0.15) is 387 Å². The molecule has 0 aromatic heterocycles. The van der Waals surface area contributed by atoms with Crippen molar-refractivity contribution < 1.29 is 28.6 Å². The first-order valence-electron chi connectivity index (χ1n) is 34.3. The largest absolute Gasteiger partial charge is 0.462 e. The summed E-state index contributed by atoms with van der Waals surface area (Å²) >= 11 is 0. The maximum Gasteiger partial charge on any atom is 0.306 e. The molecule has 0 rings (SSSR count). The standard InChI is InChI=1S/C70H132O6/c1-4-7-10-13-16-19-22-24-26-27-28-29-30-31-32-33-34-35-36-37-38-39-40-41-42-43-44-46-48-51-54-57-60-63-69(72)75-66-67(65-74-68(71)62-59-56-53-50-47-21-18-15-12-9-6-3)76-70(73)64-61-58-55-52-49-45-25-23-20-17-14-11-8-5-2/h15,18,23,25,67H,4-14,16-17,19-22,24,26-66H2,1-3H3/b18-15-,25-23-. The van der Waals surface area contributed by atoms with Crippen LogP contribution in [0.25, 0.3) is 0 Å². The number of rotatable bonds is 64. The Morgan fingerprint density at radius 2 is 0.447 bits per heavy atom. The summed E-state index contributed by atoms with van der Waals surface area (Å²) in [5.74, 6) is -0.869. The van der Waals surface area contributed by atoms with Crippen LogP contribution in [0.3, 0.4) is 0 Å². The quantitative estimate of drug-likeness (QED) is 0.0261. The number of hydrogen-bond donors (Lipinski definition) is 0. The molecule has 6 heteroatoms. The first-order chi connectivity index (χ1) is 37.5. The minimum Gasteiger partial charge on any atom is -0.462 e. The fraction of sp³-hybridized carbons (Fsp3) is 0.900. The van der Waals surface area contributed by atoms with Crippen molar-refractivity contribution in [2.75, 3.05) is 13.2 Å². The van der Waals surface area contributed by atoms with E-state index in [0.29, 0.717) is 19.3 Å². The molecule has 0 aliphatic carbocycles. The summed E-state index contributed by atoms with van der Waals surface area (Å²) in [5, 5.41) is 0.